The van der Waals surface area contributed by atoms with Crippen molar-refractivity contribution in [2.75, 3.05) is 6.61 Å². The van der Waals surface area contributed by atoms with E-state index in [0.29, 0.717) is 12.2 Å². The molecule has 0 amide bonds. The second-order valence-corrected chi connectivity index (χ2v) is 3.30. The first-order valence-electron chi connectivity index (χ1n) is 4.95. The molecule has 0 aliphatic rings. The zero-order chi connectivity index (χ0) is 12.2. The molecule has 1 aromatic rings. The minimum Gasteiger partial charge on any atom is -0.493 e. The minimum atomic E-state index is -4.34. The maximum absolute atomic E-state index is 12.4. The lowest BCUT2D eigenvalue weighted by molar-refractivity contribution is -0.137. The summed E-state index contributed by atoms with van der Waals surface area (Å²) < 4.78 is 42.6. The highest BCUT2D eigenvalue weighted by molar-refractivity contribution is 5.56. The van der Waals surface area contributed by atoms with Gasteiger partial charge >= 0.3 is 6.18 Å². The molecule has 1 rings (SSSR count). The van der Waals surface area contributed by atoms with Gasteiger partial charge in [-0.05, 0) is 18.6 Å². The first-order chi connectivity index (χ1) is 7.49. The largest absolute Gasteiger partial charge is 0.493 e. The van der Waals surface area contributed by atoms with Gasteiger partial charge in [0, 0.05) is 5.56 Å². The lowest BCUT2D eigenvalue weighted by Crippen LogP contribution is -2.06. The summed E-state index contributed by atoms with van der Waals surface area (Å²) in [7, 11) is 0. The molecule has 0 N–H and O–H groups in total. The molecular weight excluding hydrogens is 217 g/mol. The summed E-state index contributed by atoms with van der Waals surface area (Å²) in [5, 5.41) is 0. The minimum absolute atomic E-state index is 0.228. The van der Waals surface area contributed by atoms with Crippen LogP contribution >= 0.6 is 0 Å². The number of benzene rings is 1. The third-order valence-electron chi connectivity index (χ3n) is 2.02. The molecule has 16 heavy (non-hydrogen) atoms. The summed E-state index contributed by atoms with van der Waals surface area (Å²) in [6.07, 6.45) is -2.12. The van der Waals surface area contributed by atoms with E-state index in [2.05, 4.69) is 6.58 Å². The molecule has 0 aliphatic heterocycles. The fourth-order valence-electron chi connectivity index (χ4n) is 1.22. The smallest absolute Gasteiger partial charge is 0.416 e. The van der Waals surface area contributed by atoms with Crippen LogP contribution in [0.4, 0.5) is 13.2 Å². The molecule has 1 aromatic carbocycles. The first kappa shape index (κ1) is 12.6. The van der Waals surface area contributed by atoms with Crippen molar-refractivity contribution in [3.63, 3.8) is 0 Å². The van der Waals surface area contributed by atoms with Crippen LogP contribution in [0.5, 0.6) is 5.75 Å². The zero-order valence-electron chi connectivity index (χ0n) is 8.97. The summed E-state index contributed by atoms with van der Waals surface area (Å²) >= 11 is 0. The maximum atomic E-state index is 12.4. The van der Waals surface area contributed by atoms with Crippen molar-refractivity contribution >= 4 is 6.08 Å². The molecule has 4 heteroatoms. The van der Waals surface area contributed by atoms with Gasteiger partial charge in [-0.1, -0.05) is 25.6 Å². The fraction of sp³-hybridized carbons (Fsp3) is 0.333. The number of hydrogen-bond acceptors (Lipinski definition) is 1. The Bertz CT molecular complexity index is 369. The van der Waals surface area contributed by atoms with Gasteiger partial charge in [-0.2, -0.15) is 13.2 Å². The van der Waals surface area contributed by atoms with Gasteiger partial charge in [0.1, 0.15) is 5.75 Å². The van der Waals surface area contributed by atoms with E-state index in [1.54, 1.807) is 0 Å². The van der Waals surface area contributed by atoms with Gasteiger partial charge in [0.25, 0.3) is 0 Å². The van der Waals surface area contributed by atoms with Crippen molar-refractivity contribution in [3.05, 3.63) is 35.9 Å². The molecule has 0 radical (unpaired) electrons. The lowest BCUT2D eigenvalue weighted by atomic mass is 10.1. The Morgan fingerprint density at radius 3 is 2.56 bits per heavy atom. The molecule has 0 atom stereocenters. The van der Waals surface area contributed by atoms with Crippen LogP contribution in [0.25, 0.3) is 6.08 Å². The normalized spacial score (nSPS) is 11.2. The molecule has 0 bridgehead atoms. The number of hydrogen-bond donors (Lipinski definition) is 0. The Balaban J connectivity index is 3.06. The fourth-order valence-corrected chi connectivity index (χ4v) is 1.22. The molecule has 88 valence electrons. The van der Waals surface area contributed by atoms with Crippen LogP contribution in [0, 0.1) is 0 Å². The second-order valence-electron chi connectivity index (χ2n) is 3.30. The summed E-state index contributed by atoms with van der Waals surface area (Å²) in [5.74, 6) is 0.228. The van der Waals surface area contributed by atoms with Gasteiger partial charge in [0.15, 0.2) is 0 Å². The maximum Gasteiger partial charge on any atom is 0.416 e. The van der Waals surface area contributed by atoms with Crippen LogP contribution in [-0.2, 0) is 6.18 Å². The Morgan fingerprint density at radius 2 is 2.06 bits per heavy atom. The lowest BCUT2D eigenvalue weighted by Gasteiger charge is -2.12. The third kappa shape index (κ3) is 3.02. The van der Waals surface area contributed by atoms with Gasteiger partial charge in [-0.25, -0.2) is 0 Å². The molecule has 0 saturated carbocycles. The monoisotopic (exact) mass is 230 g/mol. The number of rotatable bonds is 4. The van der Waals surface area contributed by atoms with E-state index >= 15 is 0 Å². The molecule has 0 saturated heterocycles. The quantitative estimate of drug-likeness (QED) is 0.755. The zero-order valence-corrected chi connectivity index (χ0v) is 8.97. The van der Waals surface area contributed by atoms with E-state index < -0.39 is 11.7 Å². The van der Waals surface area contributed by atoms with Crippen molar-refractivity contribution in [2.45, 2.75) is 19.5 Å². The van der Waals surface area contributed by atoms with Crippen LogP contribution in [0.1, 0.15) is 24.5 Å². The molecule has 0 spiro atoms. The Hall–Kier alpha value is -1.45. The molecular formula is C12H13F3O. The van der Waals surface area contributed by atoms with Crippen LogP contribution < -0.4 is 4.74 Å². The summed E-state index contributed by atoms with van der Waals surface area (Å²) in [4.78, 5) is 0. The van der Waals surface area contributed by atoms with Crippen molar-refractivity contribution in [3.8, 4) is 5.75 Å². The molecule has 0 unspecified atom stereocenters. The van der Waals surface area contributed by atoms with Gasteiger partial charge in [0.05, 0.1) is 12.2 Å². The highest BCUT2D eigenvalue weighted by Crippen LogP contribution is 2.33. The van der Waals surface area contributed by atoms with E-state index in [1.165, 1.54) is 12.1 Å². The Morgan fingerprint density at radius 1 is 1.38 bits per heavy atom. The van der Waals surface area contributed by atoms with Crippen LogP contribution in [0.2, 0.25) is 0 Å². The molecule has 1 nitrogen and oxygen atoms in total. The molecule has 0 heterocycles. The summed E-state index contributed by atoms with van der Waals surface area (Å²) in [6, 6.07) is 3.39. The molecule has 0 fully saturated rings. The standard InChI is InChI=1S/C12H13F3O/c1-3-7-16-11-8-10(12(13,14)15)6-5-9(11)4-2/h4-6,8H,2-3,7H2,1H3. The molecule has 0 aromatic heterocycles. The Labute approximate surface area is 92.5 Å². The predicted octanol–water partition coefficient (Wildman–Crippen LogP) is 4.14. The summed E-state index contributed by atoms with van der Waals surface area (Å²) in [6.45, 7) is 5.81. The second kappa shape index (κ2) is 5.05. The topological polar surface area (TPSA) is 9.23 Å². The van der Waals surface area contributed by atoms with Gasteiger partial charge in [-0.3, -0.25) is 0 Å². The predicted molar refractivity (Wildman–Crippen MR) is 57.3 cm³/mol. The van der Waals surface area contributed by atoms with Gasteiger partial charge < -0.3 is 4.74 Å². The number of ether oxygens (including phenoxy) is 1. The average Bonchev–Trinajstić information content (AvgIpc) is 2.24. The SMILES string of the molecule is C=Cc1ccc(C(F)(F)F)cc1OCCC. The van der Waals surface area contributed by atoms with Crippen LogP contribution in [-0.4, -0.2) is 6.61 Å². The van der Waals surface area contributed by atoms with E-state index in [9.17, 15) is 13.2 Å². The summed E-state index contributed by atoms with van der Waals surface area (Å²) in [5.41, 5.74) is -0.134. The van der Waals surface area contributed by atoms with Gasteiger partial charge in [-0.15, -0.1) is 0 Å². The molecule has 0 aliphatic carbocycles. The number of alkyl halides is 3. The third-order valence-corrected chi connectivity index (χ3v) is 2.02. The average molecular weight is 230 g/mol. The van der Waals surface area contributed by atoms with Gasteiger partial charge in [0.2, 0.25) is 0 Å². The number of halogens is 3. The van der Waals surface area contributed by atoms with E-state index in [-0.39, 0.29) is 5.75 Å². The van der Waals surface area contributed by atoms with Crippen molar-refractivity contribution in [1.29, 1.82) is 0 Å². The van der Waals surface area contributed by atoms with Crippen LogP contribution in [0.3, 0.4) is 0 Å². The first-order valence-corrected chi connectivity index (χ1v) is 4.95. The van der Waals surface area contributed by atoms with Crippen molar-refractivity contribution < 1.29 is 17.9 Å². The van der Waals surface area contributed by atoms with E-state index in [4.69, 9.17) is 4.74 Å². The van der Waals surface area contributed by atoms with E-state index in [0.717, 1.165) is 18.6 Å². The van der Waals surface area contributed by atoms with Crippen molar-refractivity contribution in [1.82, 2.24) is 0 Å². The van der Waals surface area contributed by atoms with E-state index in [1.807, 2.05) is 6.92 Å². The van der Waals surface area contributed by atoms with Crippen molar-refractivity contribution in [2.24, 2.45) is 0 Å². The van der Waals surface area contributed by atoms with Crippen LogP contribution in [0.15, 0.2) is 24.8 Å². The highest BCUT2D eigenvalue weighted by atomic mass is 19.4. The highest BCUT2D eigenvalue weighted by Gasteiger charge is 2.31. The Kier molecular flexibility index (Phi) is 3.99.